The molecule has 1 heterocycles. The van der Waals surface area contributed by atoms with E-state index in [2.05, 4.69) is 11.0 Å². The summed E-state index contributed by atoms with van der Waals surface area (Å²) in [6.07, 6.45) is 1.72. The van der Waals surface area contributed by atoms with Gasteiger partial charge in [-0.1, -0.05) is 35.1 Å². The van der Waals surface area contributed by atoms with E-state index in [1.54, 1.807) is 37.5 Å². The first-order chi connectivity index (χ1) is 11.9. The predicted octanol–water partition coefficient (Wildman–Crippen LogP) is 3.50. The van der Waals surface area contributed by atoms with Gasteiger partial charge in [0.2, 0.25) is 4.80 Å². The SMILES string of the molecule is C=CCn1c(=NS(=O)(=O)c2ccc(C)cc2)sc2cc(OC)ccc21. The monoisotopic (exact) mass is 374 g/mol. The minimum atomic E-state index is -3.79. The van der Waals surface area contributed by atoms with Gasteiger partial charge in [0, 0.05) is 6.54 Å². The van der Waals surface area contributed by atoms with Gasteiger partial charge in [-0.25, -0.2) is 0 Å². The van der Waals surface area contributed by atoms with Gasteiger partial charge in [-0.3, -0.25) is 0 Å². The Bertz CT molecular complexity index is 1090. The molecule has 0 spiro atoms. The standard InChI is InChI=1S/C18H18N2O3S2/c1-4-11-20-16-10-7-14(23-3)12-17(16)24-18(20)19-25(21,22)15-8-5-13(2)6-9-15/h4-10,12H,1,11H2,2-3H3. The van der Waals surface area contributed by atoms with Crippen LogP contribution in [0.15, 0.2) is 64.4 Å². The van der Waals surface area contributed by atoms with Crippen LogP contribution < -0.4 is 9.54 Å². The number of ether oxygens (including phenoxy) is 1. The molecule has 2 aromatic carbocycles. The van der Waals surface area contributed by atoms with Crippen molar-refractivity contribution in [1.29, 1.82) is 0 Å². The number of fused-ring (bicyclic) bond motifs is 1. The van der Waals surface area contributed by atoms with Gasteiger partial charge in [-0.05, 0) is 37.3 Å². The summed E-state index contributed by atoms with van der Waals surface area (Å²) >= 11 is 1.31. The van der Waals surface area contributed by atoms with E-state index in [1.165, 1.54) is 11.3 Å². The highest BCUT2D eigenvalue weighted by Crippen LogP contribution is 2.23. The lowest BCUT2D eigenvalue weighted by Crippen LogP contribution is -2.16. The van der Waals surface area contributed by atoms with E-state index in [0.717, 1.165) is 15.8 Å². The molecule has 0 fully saturated rings. The topological polar surface area (TPSA) is 60.7 Å². The normalized spacial score (nSPS) is 12.5. The predicted molar refractivity (Wildman–Crippen MR) is 100 cm³/mol. The number of methoxy groups -OCH3 is 1. The maximum atomic E-state index is 12.6. The molecule has 0 radical (unpaired) electrons. The van der Waals surface area contributed by atoms with Crippen LogP contribution in [0.3, 0.4) is 0 Å². The van der Waals surface area contributed by atoms with Crippen molar-refractivity contribution in [1.82, 2.24) is 4.57 Å². The fourth-order valence-corrected chi connectivity index (χ4v) is 4.69. The molecule has 7 heteroatoms. The summed E-state index contributed by atoms with van der Waals surface area (Å²) in [4.78, 5) is 0.585. The molecular formula is C18H18N2O3S2. The van der Waals surface area contributed by atoms with Crippen molar-refractivity contribution in [2.24, 2.45) is 4.40 Å². The third kappa shape index (κ3) is 3.52. The van der Waals surface area contributed by atoms with Gasteiger partial charge in [0.05, 0.1) is 22.2 Å². The van der Waals surface area contributed by atoms with E-state index in [1.807, 2.05) is 29.7 Å². The van der Waals surface area contributed by atoms with Crippen LogP contribution in [0.1, 0.15) is 5.56 Å². The molecule has 5 nitrogen and oxygen atoms in total. The summed E-state index contributed by atoms with van der Waals surface area (Å²) in [6.45, 7) is 6.12. The smallest absolute Gasteiger partial charge is 0.285 e. The first-order valence-electron chi connectivity index (χ1n) is 7.60. The number of sulfonamides is 1. The second-order valence-corrected chi connectivity index (χ2v) is 8.11. The molecule has 0 atom stereocenters. The van der Waals surface area contributed by atoms with Gasteiger partial charge in [0.1, 0.15) is 5.75 Å². The average molecular weight is 374 g/mol. The maximum absolute atomic E-state index is 12.6. The molecule has 130 valence electrons. The summed E-state index contributed by atoms with van der Waals surface area (Å²) in [6, 6.07) is 12.3. The quantitative estimate of drug-likeness (QED) is 0.642. The molecule has 1 aromatic heterocycles. The van der Waals surface area contributed by atoms with E-state index in [4.69, 9.17) is 4.74 Å². The van der Waals surface area contributed by atoms with Crippen LogP contribution in [0.5, 0.6) is 5.75 Å². The van der Waals surface area contributed by atoms with Crippen LogP contribution in [0.2, 0.25) is 0 Å². The van der Waals surface area contributed by atoms with Crippen LogP contribution in [0, 0.1) is 6.92 Å². The molecular weight excluding hydrogens is 356 g/mol. The van der Waals surface area contributed by atoms with Crippen molar-refractivity contribution in [3.05, 3.63) is 65.5 Å². The molecule has 0 saturated heterocycles. The Morgan fingerprint density at radius 2 is 1.96 bits per heavy atom. The molecule has 3 rings (SSSR count). The van der Waals surface area contributed by atoms with E-state index in [-0.39, 0.29) is 4.90 Å². The van der Waals surface area contributed by atoms with E-state index < -0.39 is 10.0 Å². The largest absolute Gasteiger partial charge is 0.497 e. The Kier molecular flexibility index (Phi) is 4.78. The number of aromatic nitrogens is 1. The van der Waals surface area contributed by atoms with Gasteiger partial charge >= 0.3 is 0 Å². The fourth-order valence-electron chi connectivity index (χ4n) is 2.42. The lowest BCUT2D eigenvalue weighted by molar-refractivity contribution is 0.415. The van der Waals surface area contributed by atoms with Gasteiger partial charge in [-0.15, -0.1) is 11.0 Å². The summed E-state index contributed by atoms with van der Waals surface area (Å²) in [5.41, 5.74) is 1.89. The molecule has 3 aromatic rings. The first-order valence-corrected chi connectivity index (χ1v) is 9.86. The van der Waals surface area contributed by atoms with Crippen LogP contribution >= 0.6 is 11.3 Å². The number of hydrogen-bond donors (Lipinski definition) is 0. The third-order valence-electron chi connectivity index (χ3n) is 3.72. The number of benzene rings is 2. The second-order valence-electron chi connectivity index (χ2n) is 5.50. The van der Waals surface area contributed by atoms with E-state index in [9.17, 15) is 8.42 Å². The number of nitrogens with zero attached hydrogens (tertiary/aromatic N) is 2. The molecule has 0 N–H and O–H groups in total. The van der Waals surface area contributed by atoms with E-state index in [0.29, 0.717) is 17.1 Å². The van der Waals surface area contributed by atoms with Crippen molar-refractivity contribution in [3.8, 4) is 5.75 Å². The van der Waals surface area contributed by atoms with Crippen molar-refractivity contribution in [3.63, 3.8) is 0 Å². The van der Waals surface area contributed by atoms with Gasteiger partial charge in [-0.2, -0.15) is 8.42 Å². The maximum Gasteiger partial charge on any atom is 0.285 e. The Labute approximate surface area is 150 Å². The molecule has 0 aliphatic heterocycles. The molecule has 0 aliphatic rings. The minimum Gasteiger partial charge on any atom is -0.497 e. The van der Waals surface area contributed by atoms with Gasteiger partial charge in [0.15, 0.2) is 0 Å². The van der Waals surface area contributed by atoms with Gasteiger partial charge in [0.25, 0.3) is 10.0 Å². The van der Waals surface area contributed by atoms with Crippen LogP contribution in [0.4, 0.5) is 0 Å². The summed E-state index contributed by atoms with van der Waals surface area (Å²) in [7, 11) is -2.19. The highest BCUT2D eigenvalue weighted by molar-refractivity contribution is 7.90. The highest BCUT2D eigenvalue weighted by atomic mass is 32.2. The molecule has 0 aliphatic carbocycles. The molecule has 0 amide bonds. The fraction of sp³-hybridized carbons (Fsp3) is 0.167. The molecule has 0 bridgehead atoms. The number of thiazole rings is 1. The van der Waals surface area contributed by atoms with Crippen molar-refractivity contribution < 1.29 is 13.2 Å². The Morgan fingerprint density at radius 1 is 1.24 bits per heavy atom. The minimum absolute atomic E-state index is 0.179. The zero-order valence-corrected chi connectivity index (χ0v) is 15.6. The lowest BCUT2D eigenvalue weighted by atomic mass is 10.2. The number of aryl methyl sites for hydroxylation is 1. The highest BCUT2D eigenvalue weighted by Gasteiger charge is 2.14. The number of allylic oxidation sites excluding steroid dienone is 1. The summed E-state index contributed by atoms with van der Waals surface area (Å²) in [5, 5.41) is 0. The van der Waals surface area contributed by atoms with Crippen molar-refractivity contribution >= 4 is 31.6 Å². The third-order valence-corrected chi connectivity index (χ3v) is 6.16. The average Bonchev–Trinajstić information content (AvgIpc) is 2.91. The Morgan fingerprint density at radius 3 is 2.60 bits per heavy atom. The van der Waals surface area contributed by atoms with Crippen molar-refractivity contribution in [2.45, 2.75) is 18.4 Å². The van der Waals surface area contributed by atoms with Gasteiger partial charge < -0.3 is 9.30 Å². The summed E-state index contributed by atoms with van der Waals surface area (Å²) in [5.74, 6) is 0.715. The zero-order chi connectivity index (χ0) is 18.0. The first kappa shape index (κ1) is 17.4. The van der Waals surface area contributed by atoms with Crippen LogP contribution in [0.25, 0.3) is 10.2 Å². The van der Waals surface area contributed by atoms with Crippen LogP contribution in [-0.2, 0) is 16.6 Å². The number of hydrogen-bond acceptors (Lipinski definition) is 4. The second kappa shape index (κ2) is 6.85. The molecule has 25 heavy (non-hydrogen) atoms. The van der Waals surface area contributed by atoms with Crippen LogP contribution in [-0.4, -0.2) is 20.1 Å². The Balaban J connectivity index is 2.22. The number of rotatable bonds is 5. The summed E-state index contributed by atoms with van der Waals surface area (Å²) < 4.78 is 37.3. The van der Waals surface area contributed by atoms with Crippen molar-refractivity contribution in [2.75, 3.05) is 7.11 Å². The Hall–Kier alpha value is -2.38. The van der Waals surface area contributed by atoms with E-state index >= 15 is 0 Å². The zero-order valence-electron chi connectivity index (χ0n) is 14.0. The molecule has 0 saturated carbocycles. The molecule has 0 unspecified atom stereocenters. The lowest BCUT2D eigenvalue weighted by Gasteiger charge is -2.03.